The van der Waals surface area contributed by atoms with Crippen LogP contribution in [0.4, 0.5) is 5.95 Å². The predicted molar refractivity (Wildman–Crippen MR) is 97.5 cm³/mol. The Morgan fingerprint density at radius 1 is 1.36 bits per heavy atom. The van der Waals surface area contributed by atoms with Crippen molar-refractivity contribution in [2.24, 2.45) is 0 Å². The molecule has 0 aromatic carbocycles. The van der Waals surface area contributed by atoms with Crippen LogP contribution in [-0.4, -0.2) is 33.9 Å². The molecule has 25 heavy (non-hydrogen) atoms. The number of aromatic nitrogens is 3. The number of nitrogens with one attached hydrogen (secondary N) is 2. The van der Waals surface area contributed by atoms with Crippen molar-refractivity contribution in [3.05, 3.63) is 34.0 Å². The smallest absolute Gasteiger partial charge is 0.222 e. The van der Waals surface area contributed by atoms with Crippen LogP contribution in [0.2, 0.25) is 0 Å². The molecule has 2 rings (SSSR count). The SMILES string of the molecule is CC(=O)NCCNc1nccc(C(C#N)c2nc(C(C)(C)C)cs2)n1. The number of thiazole rings is 1. The minimum Gasteiger partial charge on any atom is -0.355 e. The topological polar surface area (TPSA) is 104 Å². The number of amides is 1. The molecule has 0 saturated carbocycles. The van der Waals surface area contributed by atoms with Gasteiger partial charge in [0, 0.05) is 37.0 Å². The van der Waals surface area contributed by atoms with Crippen molar-refractivity contribution in [3.8, 4) is 6.07 Å². The van der Waals surface area contributed by atoms with Gasteiger partial charge in [0.05, 0.1) is 17.5 Å². The van der Waals surface area contributed by atoms with Gasteiger partial charge in [-0.2, -0.15) is 5.26 Å². The van der Waals surface area contributed by atoms with Crippen molar-refractivity contribution in [1.29, 1.82) is 5.26 Å². The number of hydrogen-bond acceptors (Lipinski definition) is 7. The van der Waals surface area contributed by atoms with E-state index >= 15 is 0 Å². The van der Waals surface area contributed by atoms with E-state index in [0.717, 1.165) is 10.7 Å². The maximum atomic E-state index is 10.9. The third-order valence-electron chi connectivity index (χ3n) is 3.42. The first-order valence-electron chi connectivity index (χ1n) is 7.98. The molecular weight excluding hydrogens is 336 g/mol. The Balaban J connectivity index is 2.13. The lowest BCUT2D eigenvalue weighted by atomic mass is 9.93. The van der Waals surface area contributed by atoms with Gasteiger partial charge in [-0.15, -0.1) is 11.3 Å². The lowest BCUT2D eigenvalue weighted by molar-refractivity contribution is -0.118. The third-order valence-corrected chi connectivity index (χ3v) is 4.33. The van der Waals surface area contributed by atoms with Crippen LogP contribution in [-0.2, 0) is 10.2 Å². The van der Waals surface area contributed by atoms with Crippen LogP contribution >= 0.6 is 11.3 Å². The molecule has 2 N–H and O–H groups in total. The van der Waals surface area contributed by atoms with E-state index in [9.17, 15) is 10.1 Å². The van der Waals surface area contributed by atoms with Gasteiger partial charge >= 0.3 is 0 Å². The molecule has 0 spiro atoms. The first-order chi connectivity index (χ1) is 11.8. The Kier molecular flexibility index (Phi) is 6.04. The van der Waals surface area contributed by atoms with Crippen molar-refractivity contribution in [2.45, 2.75) is 39.0 Å². The molecule has 132 valence electrons. The van der Waals surface area contributed by atoms with Gasteiger partial charge in [-0.25, -0.2) is 15.0 Å². The summed E-state index contributed by atoms with van der Waals surface area (Å²) < 4.78 is 0. The highest BCUT2D eigenvalue weighted by molar-refractivity contribution is 7.09. The first kappa shape index (κ1) is 18.8. The quantitative estimate of drug-likeness (QED) is 0.769. The summed E-state index contributed by atoms with van der Waals surface area (Å²) in [5.74, 6) is -0.185. The zero-order valence-corrected chi connectivity index (χ0v) is 15.6. The summed E-state index contributed by atoms with van der Waals surface area (Å²) in [5, 5.41) is 18.1. The van der Waals surface area contributed by atoms with Gasteiger partial charge in [0.25, 0.3) is 0 Å². The Morgan fingerprint density at radius 2 is 2.12 bits per heavy atom. The Labute approximate surface area is 151 Å². The molecule has 1 atom stereocenters. The fraction of sp³-hybridized carbons (Fsp3) is 0.471. The van der Waals surface area contributed by atoms with Gasteiger partial charge in [-0.1, -0.05) is 20.8 Å². The normalized spacial score (nSPS) is 12.3. The average Bonchev–Trinajstić information content (AvgIpc) is 3.03. The lowest BCUT2D eigenvalue weighted by Gasteiger charge is -2.14. The number of rotatable bonds is 6. The number of nitriles is 1. The maximum Gasteiger partial charge on any atom is 0.222 e. The molecule has 7 nitrogen and oxygen atoms in total. The highest BCUT2D eigenvalue weighted by atomic mass is 32.1. The van der Waals surface area contributed by atoms with Gasteiger partial charge in [0.1, 0.15) is 10.9 Å². The summed E-state index contributed by atoms with van der Waals surface area (Å²) in [7, 11) is 0. The van der Waals surface area contributed by atoms with Gasteiger partial charge in [-0.3, -0.25) is 4.79 Å². The molecule has 0 saturated heterocycles. The zero-order valence-electron chi connectivity index (χ0n) is 14.8. The summed E-state index contributed by atoms with van der Waals surface area (Å²) >= 11 is 1.47. The molecule has 0 fully saturated rings. The van der Waals surface area contributed by atoms with Crippen molar-refractivity contribution in [1.82, 2.24) is 20.3 Å². The van der Waals surface area contributed by atoms with Crippen molar-refractivity contribution in [3.63, 3.8) is 0 Å². The van der Waals surface area contributed by atoms with E-state index in [0.29, 0.717) is 24.7 Å². The Hall–Kier alpha value is -2.53. The van der Waals surface area contributed by atoms with Crippen molar-refractivity contribution in [2.75, 3.05) is 18.4 Å². The molecule has 2 heterocycles. The third kappa shape index (κ3) is 5.22. The highest BCUT2D eigenvalue weighted by Crippen LogP contribution is 2.30. The summed E-state index contributed by atoms with van der Waals surface area (Å²) in [4.78, 5) is 24.0. The van der Waals surface area contributed by atoms with E-state index in [1.807, 2.05) is 5.38 Å². The number of hydrogen-bond donors (Lipinski definition) is 2. The van der Waals surface area contributed by atoms with Crippen LogP contribution in [0, 0.1) is 11.3 Å². The van der Waals surface area contributed by atoms with Gasteiger partial charge < -0.3 is 10.6 Å². The molecule has 0 aliphatic rings. The molecule has 1 unspecified atom stereocenters. The van der Waals surface area contributed by atoms with Crippen molar-refractivity contribution < 1.29 is 4.79 Å². The van der Waals surface area contributed by atoms with E-state index in [2.05, 4.69) is 52.4 Å². The molecule has 2 aromatic heterocycles. The first-order valence-corrected chi connectivity index (χ1v) is 8.86. The fourth-order valence-electron chi connectivity index (χ4n) is 2.04. The van der Waals surface area contributed by atoms with E-state index < -0.39 is 5.92 Å². The largest absolute Gasteiger partial charge is 0.355 e. The number of nitrogens with zero attached hydrogens (tertiary/aromatic N) is 4. The van der Waals surface area contributed by atoms with Gasteiger partial charge in [0.15, 0.2) is 0 Å². The summed E-state index contributed by atoms with van der Waals surface area (Å²) in [6, 6.07) is 4.01. The van der Waals surface area contributed by atoms with E-state index in [4.69, 9.17) is 0 Å². The molecule has 1 amide bonds. The molecule has 0 bridgehead atoms. The lowest BCUT2D eigenvalue weighted by Crippen LogP contribution is -2.26. The summed E-state index contributed by atoms with van der Waals surface area (Å²) in [6.07, 6.45) is 1.62. The minimum absolute atomic E-state index is 0.0587. The Bertz CT molecular complexity index is 774. The highest BCUT2D eigenvalue weighted by Gasteiger charge is 2.23. The zero-order chi connectivity index (χ0) is 18.4. The van der Waals surface area contributed by atoms with E-state index in [1.54, 1.807) is 12.3 Å². The number of carbonyl (C=O) groups excluding carboxylic acids is 1. The second-order valence-electron chi connectivity index (χ2n) is 6.60. The maximum absolute atomic E-state index is 10.9. The van der Waals surface area contributed by atoms with Gasteiger partial charge in [-0.05, 0) is 6.07 Å². The van der Waals surface area contributed by atoms with Crippen LogP contribution in [0.3, 0.4) is 0 Å². The van der Waals surface area contributed by atoms with Crippen LogP contribution in [0.15, 0.2) is 17.6 Å². The standard InChI is InChI=1S/C17H22N6OS/c1-11(24)19-7-8-21-16-20-6-5-13(22-16)12(9-18)15-23-14(10-25-15)17(2,3)4/h5-6,10,12H,7-8H2,1-4H3,(H,19,24)(H,20,21,22). The summed E-state index contributed by atoms with van der Waals surface area (Å²) in [6.45, 7) is 8.73. The van der Waals surface area contributed by atoms with Crippen LogP contribution in [0.1, 0.15) is 50.0 Å². The molecular formula is C17H22N6OS. The van der Waals surface area contributed by atoms with Crippen LogP contribution < -0.4 is 10.6 Å². The second kappa shape index (κ2) is 8.03. The molecule has 0 aliphatic carbocycles. The molecule has 8 heteroatoms. The van der Waals surface area contributed by atoms with Crippen LogP contribution in [0.25, 0.3) is 0 Å². The van der Waals surface area contributed by atoms with Crippen LogP contribution in [0.5, 0.6) is 0 Å². The monoisotopic (exact) mass is 358 g/mol. The molecule has 0 radical (unpaired) electrons. The number of carbonyl (C=O) groups is 1. The minimum atomic E-state index is -0.528. The molecule has 2 aromatic rings. The predicted octanol–water partition coefficient (Wildman–Crippen LogP) is 2.43. The molecule has 0 aliphatic heterocycles. The van der Waals surface area contributed by atoms with Crippen molar-refractivity contribution >= 4 is 23.2 Å². The fourth-order valence-corrected chi connectivity index (χ4v) is 3.14. The Morgan fingerprint density at radius 3 is 2.72 bits per heavy atom. The summed E-state index contributed by atoms with van der Waals surface area (Å²) in [5.41, 5.74) is 1.52. The number of anilines is 1. The van der Waals surface area contributed by atoms with E-state index in [-0.39, 0.29) is 11.3 Å². The van der Waals surface area contributed by atoms with E-state index in [1.165, 1.54) is 18.3 Å². The average molecular weight is 358 g/mol. The van der Waals surface area contributed by atoms with Gasteiger partial charge in [0.2, 0.25) is 11.9 Å². The second-order valence-corrected chi connectivity index (χ2v) is 7.49.